The third-order valence-electron chi connectivity index (χ3n) is 3.39. The number of carbonyl (C=O) groups excluding carboxylic acids is 1. The van der Waals surface area contributed by atoms with Gasteiger partial charge in [-0.1, -0.05) is 60.3 Å². The smallest absolute Gasteiger partial charge is 0.303 e. The average Bonchev–Trinajstić information content (AvgIpc) is 2.51. The van der Waals surface area contributed by atoms with Crippen LogP contribution in [0.2, 0.25) is 0 Å². The molecule has 0 radical (unpaired) electrons. The standard InChI is InChI=1S/C18H18O3S/c1-13(19)22-12-17-15(10-11-18(20)21)8-5-9-16(17)14-6-3-2-4-7-14/h2-9H,10-12H2,1H3,(H,20,21). The lowest BCUT2D eigenvalue weighted by molar-refractivity contribution is -0.137. The molecule has 0 bridgehead atoms. The van der Waals surface area contributed by atoms with Crippen molar-refractivity contribution in [1.82, 2.24) is 0 Å². The van der Waals surface area contributed by atoms with E-state index in [0.29, 0.717) is 12.2 Å². The molecule has 4 heteroatoms. The van der Waals surface area contributed by atoms with Crippen molar-refractivity contribution in [3.63, 3.8) is 0 Å². The summed E-state index contributed by atoms with van der Waals surface area (Å²) in [4.78, 5) is 22.2. The molecule has 0 aliphatic rings. The normalized spacial score (nSPS) is 10.4. The number of benzene rings is 2. The zero-order valence-corrected chi connectivity index (χ0v) is 13.2. The van der Waals surface area contributed by atoms with Gasteiger partial charge in [0.1, 0.15) is 0 Å². The lowest BCUT2D eigenvalue weighted by Crippen LogP contribution is -2.02. The van der Waals surface area contributed by atoms with Crippen molar-refractivity contribution in [3.8, 4) is 11.1 Å². The topological polar surface area (TPSA) is 54.4 Å². The van der Waals surface area contributed by atoms with Crippen LogP contribution < -0.4 is 0 Å². The third kappa shape index (κ3) is 4.46. The first-order chi connectivity index (χ1) is 10.6. The first kappa shape index (κ1) is 16.3. The minimum atomic E-state index is -0.810. The van der Waals surface area contributed by atoms with Crippen molar-refractivity contribution in [2.75, 3.05) is 0 Å². The second-order valence-electron chi connectivity index (χ2n) is 4.98. The van der Waals surface area contributed by atoms with Crippen molar-refractivity contribution >= 4 is 22.8 Å². The van der Waals surface area contributed by atoms with Gasteiger partial charge in [0.2, 0.25) is 0 Å². The maximum Gasteiger partial charge on any atom is 0.303 e. The van der Waals surface area contributed by atoms with Crippen LogP contribution in [0.3, 0.4) is 0 Å². The van der Waals surface area contributed by atoms with Gasteiger partial charge in [-0.15, -0.1) is 0 Å². The molecule has 0 spiro atoms. The summed E-state index contributed by atoms with van der Waals surface area (Å²) in [5.74, 6) is -0.245. The van der Waals surface area contributed by atoms with Gasteiger partial charge < -0.3 is 5.11 Å². The summed E-state index contributed by atoms with van der Waals surface area (Å²) in [6.45, 7) is 1.55. The predicted molar refractivity (Wildman–Crippen MR) is 89.8 cm³/mol. The van der Waals surface area contributed by atoms with Crippen LogP contribution in [-0.2, 0) is 21.8 Å². The summed E-state index contributed by atoms with van der Waals surface area (Å²) in [6.07, 6.45) is 0.569. The first-order valence-corrected chi connectivity index (χ1v) is 8.08. The van der Waals surface area contributed by atoms with Crippen LogP contribution in [0, 0.1) is 0 Å². The summed E-state index contributed by atoms with van der Waals surface area (Å²) in [5, 5.41) is 8.97. The Kier molecular flexibility index (Phi) is 5.78. The van der Waals surface area contributed by atoms with Gasteiger partial charge in [0, 0.05) is 19.1 Å². The van der Waals surface area contributed by atoms with Crippen molar-refractivity contribution in [2.45, 2.75) is 25.5 Å². The number of hydrogen-bond acceptors (Lipinski definition) is 3. The van der Waals surface area contributed by atoms with Gasteiger partial charge in [0.25, 0.3) is 0 Å². The van der Waals surface area contributed by atoms with Crippen LogP contribution in [0.15, 0.2) is 48.5 Å². The van der Waals surface area contributed by atoms with E-state index in [2.05, 4.69) is 0 Å². The minimum absolute atomic E-state index is 0.0621. The monoisotopic (exact) mass is 314 g/mol. The van der Waals surface area contributed by atoms with Crippen LogP contribution in [-0.4, -0.2) is 16.2 Å². The summed E-state index contributed by atoms with van der Waals surface area (Å²) >= 11 is 1.26. The van der Waals surface area contributed by atoms with Gasteiger partial charge in [-0.3, -0.25) is 9.59 Å². The molecule has 0 aliphatic heterocycles. The number of thioether (sulfide) groups is 1. The second-order valence-corrected chi connectivity index (χ2v) is 6.14. The Balaban J connectivity index is 2.40. The number of hydrogen-bond donors (Lipinski definition) is 1. The van der Waals surface area contributed by atoms with Crippen molar-refractivity contribution < 1.29 is 14.7 Å². The van der Waals surface area contributed by atoms with Crippen LogP contribution in [0.1, 0.15) is 24.5 Å². The van der Waals surface area contributed by atoms with Gasteiger partial charge in [0.05, 0.1) is 0 Å². The van der Waals surface area contributed by atoms with E-state index < -0.39 is 5.97 Å². The molecular weight excluding hydrogens is 296 g/mol. The van der Waals surface area contributed by atoms with Crippen molar-refractivity contribution in [1.29, 1.82) is 0 Å². The van der Waals surface area contributed by atoms with Crippen LogP contribution in [0.4, 0.5) is 0 Å². The highest BCUT2D eigenvalue weighted by Crippen LogP contribution is 2.30. The van der Waals surface area contributed by atoms with E-state index in [1.54, 1.807) is 6.92 Å². The molecule has 0 saturated heterocycles. The molecule has 2 rings (SSSR count). The maximum atomic E-state index is 11.3. The molecule has 0 heterocycles. The Morgan fingerprint density at radius 1 is 1.05 bits per heavy atom. The van der Waals surface area contributed by atoms with E-state index in [1.807, 2.05) is 48.5 Å². The first-order valence-electron chi connectivity index (χ1n) is 7.09. The molecule has 1 N–H and O–H groups in total. The summed E-state index contributed by atoms with van der Waals surface area (Å²) in [6, 6.07) is 15.9. The Hall–Kier alpha value is -2.07. The molecule has 0 unspecified atom stereocenters. The van der Waals surface area contributed by atoms with Gasteiger partial charge >= 0.3 is 5.97 Å². The highest BCUT2D eigenvalue weighted by Gasteiger charge is 2.12. The fourth-order valence-electron chi connectivity index (χ4n) is 2.34. The number of rotatable bonds is 6. The van der Waals surface area contributed by atoms with E-state index in [4.69, 9.17) is 5.11 Å². The summed E-state index contributed by atoms with van der Waals surface area (Å²) < 4.78 is 0. The third-order valence-corrected chi connectivity index (χ3v) is 4.23. The SMILES string of the molecule is CC(=O)SCc1c(CCC(=O)O)cccc1-c1ccccc1. The quantitative estimate of drug-likeness (QED) is 0.870. The van der Waals surface area contributed by atoms with E-state index in [0.717, 1.165) is 22.3 Å². The summed E-state index contributed by atoms with van der Waals surface area (Å²) in [5.41, 5.74) is 4.20. The molecule has 22 heavy (non-hydrogen) atoms. The Morgan fingerprint density at radius 3 is 2.41 bits per heavy atom. The van der Waals surface area contributed by atoms with E-state index in [1.165, 1.54) is 11.8 Å². The molecule has 2 aromatic carbocycles. The van der Waals surface area contributed by atoms with Gasteiger partial charge in [-0.25, -0.2) is 0 Å². The Labute approximate surface area is 134 Å². The van der Waals surface area contributed by atoms with E-state index in [9.17, 15) is 9.59 Å². The second kappa shape index (κ2) is 7.80. The number of aryl methyl sites for hydroxylation is 1. The zero-order chi connectivity index (χ0) is 15.9. The summed E-state index contributed by atoms with van der Waals surface area (Å²) in [7, 11) is 0. The lowest BCUT2D eigenvalue weighted by Gasteiger charge is -2.14. The van der Waals surface area contributed by atoms with E-state index >= 15 is 0 Å². The average molecular weight is 314 g/mol. The highest BCUT2D eigenvalue weighted by molar-refractivity contribution is 8.12. The van der Waals surface area contributed by atoms with E-state index in [-0.39, 0.29) is 11.5 Å². The lowest BCUT2D eigenvalue weighted by atomic mass is 9.94. The molecule has 0 aromatic heterocycles. The fraction of sp³-hybridized carbons (Fsp3) is 0.222. The largest absolute Gasteiger partial charge is 0.481 e. The van der Waals surface area contributed by atoms with Gasteiger partial charge in [0.15, 0.2) is 5.12 Å². The van der Waals surface area contributed by atoms with Crippen LogP contribution >= 0.6 is 11.8 Å². The molecule has 3 nitrogen and oxygen atoms in total. The molecule has 2 aromatic rings. The number of carboxylic acid groups (broad SMARTS) is 1. The highest BCUT2D eigenvalue weighted by atomic mass is 32.2. The van der Waals surface area contributed by atoms with Gasteiger partial charge in [-0.2, -0.15) is 0 Å². The van der Waals surface area contributed by atoms with Gasteiger partial charge in [-0.05, 0) is 28.7 Å². The molecule has 0 saturated carbocycles. The Bertz CT molecular complexity index is 665. The molecule has 0 fully saturated rings. The van der Waals surface area contributed by atoms with Crippen LogP contribution in [0.25, 0.3) is 11.1 Å². The predicted octanol–water partition coefficient (Wildman–Crippen LogP) is 4.15. The number of carboxylic acids is 1. The van der Waals surface area contributed by atoms with Crippen molar-refractivity contribution in [3.05, 3.63) is 59.7 Å². The maximum absolute atomic E-state index is 11.3. The van der Waals surface area contributed by atoms with Crippen LogP contribution in [0.5, 0.6) is 0 Å². The molecule has 0 amide bonds. The zero-order valence-electron chi connectivity index (χ0n) is 12.4. The molecular formula is C18H18O3S. The Morgan fingerprint density at radius 2 is 1.77 bits per heavy atom. The van der Waals surface area contributed by atoms with Crippen molar-refractivity contribution in [2.24, 2.45) is 0 Å². The minimum Gasteiger partial charge on any atom is -0.481 e. The fourth-order valence-corrected chi connectivity index (χ4v) is 3.03. The number of aliphatic carboxylic acids is 1. The molecule has 114 valence electrons. The number of carbonyl (C=O) groups is 2. The molecule has 0 atom stereocenters. The molecule has 0 aliphatic carbocycles.